The van der Waals surface area contributed by atoms with E-state index < -0.39 is 6.10 Å². The number of nitrogens with zero attached hydrogens (tertiary/aromatic N) is 1. The van der Waals surface area contributed by atoms with Gasteiger partial charge in [-0.1, -0.05) is 60.2 Å². The Hall–Kier alpha value is -1.68. The molecule has 0 spiro atoms. The molecule has 1 fully saturated rings. The van der Waals surface area contributed by atoms with Gasteiger partial charge in [0.1, 0.15) is 0 Å². The molecule has 1 saturated heterocycles. The van der Waals surface area contributed by atoms with Gasteiger partial charge in [-0.15, -0.1) is 0 Å². The average molecular weight is 324 g/mol. The summed E-state index contributed by atoms with van der Waals surface area (Å²) in [5.74, 6) is 0. The van der Waals surface area contributed by atoms with Crippen molar-refractivity contribution in [3.8, 4) is 0 Å². The second-order valence-corrected chi connectivity index (χ2v) is 6.86. The number of likely N-dealkylation sites (tertiary alicyclic amines) is 1. The van der Waals surface area contributed by atoms with Crippen LogP contribution in [0.5, 0.6) is 0 Å². The predicted octanol–water partition coefficient (Wildman–Crippen LogP) is 2.94. The summed E-state index contributed by atoms with van der Waals surface area (Å²) in [7, 11) is 0. The molecule has 1 heterocycles. The van der Waals surface area contributed by atoms with Crippen LogP contribution in [-0.4, -0.2) is 42.2 Å². The van der Waals surface area contributed by atoms with Crippen molar-refractivity contribution in [2.75, 3.05) is 26.2 Å². The van der Waals surface area contributed by atoms with E-state index in [2.05, 4.69) is 59.6 Å². The van der Waals surface area contributed by atoms with Crippen LogP contribution >= 0.6 is 0 Å². The maximum Gasteiger partial charge on any atom is 0.0914 e. The molecule has 24 heavy (non-hydrogen) atoms. The zero-order valence-corrected chi connectivity index (χ0v) is 14.5. The summed E-state index contributed by atoms with van der Waals surface area (Å²) in [6, 6.07) is 19.3. The molecular weight excluding hydrogens is 296 g/mol. The van der Waals surface area contributed by atoms with Gasteiger partial charge in [0.05, 0.1) is 6.10 Å². The molecule has 1 aliphatic heterocycles. The summed E-state index contributed by atoms with van der Waals surface area (Å²) in [5.41, 5.74) is 3.62. The van der Waals surface area contributed by atoms with Crippen molar-refractivity contribution in [1.82, 2.24) is 10.2 Å². The minimum absolute atomic E-state index is 0.427. The van der Waals surface area contributed by atoms with Gasteiger partial charge < -0.3 is 15.3 Å². The fourth-order valence-electron chi connectivity index (χ4n) is 3.32. The molecule has 0 aliphatic carbocycles. The molecule has 3 nitrogen and oxygen atoms in total. The topological polar surface area (TPSA) is 35.5 Å². The van der Waals surface area contributed by atoms with Crippen molar-refractivity contribution >= 4 is 0 Å². The number of aryl methyl sites for hydroxylation is 1. The fourth-order valence-corrected chi connectivity index (χ4v) is 3.32. The first-order chi connectivity index (χ1) is 11.7. The third-order valence-electron chi connectivity index (χ3n) is 4.89. The Balaban J connectivity index is 1.39. The molecule has 0 unspecified atom stereocenters. The number of nitrogens with one attached hydrogen (secondary N) is 1. The second-order valence-electron chi connectivity index (χ2n) is 6.86. The first kappa shape index (κ1) is 17.2. The third-order valence-corrected chi connectivity index (χ3v) is 4.89. The highest BCUT2D eigenvalue weighted by Crippen LogP contribution is 2.15. The molecule has 1 aliphatic rings. The highest BCUT2D eigenvalue weighted by Gasteiger charge is 2.22. The highest BCUT2D eigenvalue weighted by molar-refractivity contribution is 5.23. The average Bonchev–Trinajstić information content (AvgIpc) is 3.07. The Morgan fingerprint density at radius 2 is 1.88 bits per heavy atom. The van der Waals surface area contributed by atoms with Crippen molar-refractivity contribution in [2.24, 2.45) is 0 Å². The Bertz CT molecular complexity index is 611. The lowest BCUT2D eigenvalue weighted by Gasteiger charge is -2.18. The number of benzene rings is 2. The number of hydrogen-bond acceptors (Lipinski definition) is 3. The van der Waals surface area contributed by atoms with Crippen LogP contribution in [0.15, 0.2) is 54.6 Å². The van der Waals surface area contributed by atoms with E-state index in [1.165, 1.54) is 11.1 Å². The lowest BCUT2D eigenvalue weighted by Crippen LogP contribution is -2.35. The molecule has 0 amide bonds. The van der Waals surface area contributed by atoms with Gasteiger partial charge in [-0.05, 0) is 37.4 Å². The van der Waals surface area contributed by atoms with Crippen molar-refractivity contribution < 1.29 is 5.11 Å². The predicted molar refractivity (Wildman–Crippen MR) is 99.1 cm³/mol. The van der Waals surface area contributed by atoms with E-state index in [0.29, 0.717) is 12.6 Å². The van der Waals surface area contributed by atoms with E-state index >= 15 is 0 Å². The van der Waals surface area contributed by atoms with E-state index in [-0.39, 0.29) is 0 Å². The number of aliphatic hydroxyl groups is 1. The standard InChI is InChI=1S/C21H28N2O/c1-17-7-9-19(10-8-17)21(24)15-22-20-12-14-23(16-20)13-11-18-5-3-2-4-6-18/h2-10,20-22,24H,11-16H2,1H3/t20-,21+/m0/s1. The van der Waals surface area contributed by atoms with Crippen LogP contribution in [0.1, 0.15) is 29.2 Å². The molecule has 0 bridgehead atoms. The lowest BCUT2D eigenvalue weighted by molar-refractivity contribution is 0.169. The Morgan fingerprint density at radius 1 is 1.12 bits per heavy atom. The highest BCUT2D eigenvalue weighted by atomic mass is 16.3. The van der Waals surface area contributed by atoms with Crippen molar-refractivity contribution in [3.05, 3.63) is 71.3 Å². The van der Waals surface area contributed by atoms with Crippen molar-refractivity contribution in [2.45, 2.75) is 31.9 Å². The van der Waals surface area contributed by atoms with Gasteiger partial charge in [-0.3, -0.25) is 0 Å². The largest absolute Gasteiger partial charge is 0.387 e. The fraction of sp³-hybridized carbons (Fsp3) is 0.429. The zero-order chi connectivity index (χ0) is 16.8. The molecule has 0 radical (unpaired) electrons. The van der Waals surface area contributed by atoms with Crippen LogP contribution in [0, 0.1) is 6.92 Å². The van der Waals surface area contributed by atoms with Crippen LogP contribution in [0.2, 0.25) is 0 Å². The molecule has 2 N–H and O–H groups in total. The molecule has 2 aromatic carbocycles. The summed E-state index contributed by atoms with van der Waals surface area (Å²) in [6.07, 6.45) is 1.85. The Morgan fingerprint density at radius 3 is 2.62 bits per heavy atom. The number of hydrogen-bond donors (Lipinski definition) is 2. The van der Waals surface area contributed by atoms with Crippen LogP contribution in [0.4, 0.5) is 0 Å². The van der Waals surface area contributed by atoms with Crippen LogP contribution in [-0.2, 0) is 6.42 Å². The second kappa shape index (κ2) is 8.43. The summed E-state index contributed by atoms with van der Waals surface area (Å²) < 4.78 is 0. The van der Waals surface area contributed by atoms with E-state index in [9.17, 15) is 5.11 Å². The first-order valence-corrected chi connectivity index (χ1v) is 8.95. The molecular formula is C21H28N2O. The van der Waals surface area contributed by atoms with E-state index in [1.807, 2.05) is 12.1 Å². The zero-order valence-electron chi connectivity index (χ0n) is 14.5. The van der Waals surface area contributed by atoms with Gasteiger partial charge in [0.25, 0.3) is 0 Å². The Kier molecular flexibility index (Phi) is 6.02. The SMILES string of the molecule is Cc1ccc([C@H](O)CN[C@H]2CCN(CCc3ccccc3)C2)cc1. The van der Waals surface area contributed by atoms with E-state index in [1.54, 1.807) is 0 Å². The minimum atomic E-state index is -0.427. The summed E-state index contributed by atoms with van der Waals surface area (Å²) in [6.45, 7) is 6.03. The van der Waals surface area contributed by atoms with E-state index in [0.717, 1.165) is 38.0 Å². The van der Waals surface area contributed by atoms with Gasteiger partial charge in [-0.2, -0.15) is 0 Å². The van der Waals surface area contributed by atoms with Gasteiger partial charge in [0.15, 0.2) is 0 Å². The molecule has 2 aromatic rings. The summed E-state index contributed by atoms with van der Waals surface area (Å²) in [5, 5.41) is 13.8. The van der Waals surface area contributed by atoms with Gasteiger partial charge in [0, 0.05) is 25.7 Å². The smallest absolute Gasteiger partial charge is 0.0914 e. The monoisotopic (exact) mass is 324 g/mol. The maximum atomic E-state index is 10.3. The molecule has 2 atom stereocenters. The van der Waals surface area contributed by atoms with Gasteiger partial charge in [0.2, 0.25) is 0 Å². The molecule has 3 rings (SSSR count). The molecule has 128 valence electrons. The summed E-state index contributed by atoms with van der Waals surface area (Å²) >= 11 is 0. The number of aliphatic hydroxyl groups excluding tert-OH is 1. The minimum Gasteiger partial charge on any atom is -0.387 e. The van der Waals surface area contributed by atoms with Gasteiger partial charge >= 0.3 is 0 Å². The molecule has 0 saturated carbocycles. The van der Waals surface area contributed by atoms with Crippen LogP contribution in [0.25, 0.3) is 0 Å². The molecule has 0 aromatic heterocycles. The van der Waals surface area contributed by atoms with Crippen molar-refractivity contribution in [3.63, 3.8) is 0 Å². The third kappa shape index (κ3) is 4.91. The van der Waals surface area contributed by atoms with Crippen molar-refractivity contribution in [1.29, 1.82) is 0 Å². The van der Waals surface area contributed by atoms with Gasteiger partial charge in [-0.25, -0.2) is 0 Å². The summed E-state index contributed by atoms with van der Waals surface area (Å²) in [4.78, 5) is 2.52. The first-order valence-electron chi connectivity index (χ1n) is 8.95. The Labute approximate surface area is 145 Å². The normalized spacial score (nSPS) is 19.5. The number of rotatable bonds is 7. The maximum absolute atomic E-state index is 10.3. The quantitative estimate of drug-likeness (QED) is 0.822. The van der Waals surface area contributed by atoms with Crippen LogP contribution in [0.3, 0.4) is 0 Å². The van der Waals surface area contributed by atoms with E-state index in [4.69, 9.17) is 0 Å². The molecule has 3 heteroatoms. The lowest BCUT2D eigenvalue weighted by atomic mass is 10.1. The van der Waals surface area contributed by atoms with Crippen LogP contribution < -0.4 is 5.32 Å².